The molecule has 0 spiro atoms. The van der Waals surface area contributed by atoms with Crippen LogP contribution in [-0.4, -0.2) is 61.0 Å². The highest BCUT2D eigenvalue weighted by molar-refractivity contribution is 6.34. The molecule has 2 aromatic carbocycles. The Morgan fingerprint density at radius 3 is 2.43 bits per heavy atom. The molecule has 30 heavy (non-hydrogen) atoms. The van der Waals surface area contributed by atoms with Gasteiger partial charge in [-0.25, -0.2) is 9.69 Å². The maximum atomic E-state index is 12.6. The van der Waals surface area contributed by atoms with Crippen molar-refractivity contribution in [3.8, 4) is 0 Å². The number of morpholine rings is 1. The van der Waals surface area contributed by atoms with Gasteiger partial charge in [0.15, 0.2) is 6.61 Å². The van der Waals surface area contributed by atoms with Crippen LogP contribution in [-0.2, 0) is 14.3 Å². The van der Waals surface area contributed by atoms with Crippen LogP contribution in [0.5, 0.6) is 0 Å². The van der Waals surface area contributed by atoms with Crippen molar-refractivity contribution in [3.05, 3.63) is 65.2 Å². The van der Waals surface area contributed by atoms with Crippen molar-refractivity contribution in [2.24, 2.45) is 0 Å². The van der Waals surface area contributed by atoms with Crippen LogP contribution in [0, 0.1) is 0 Å². The van der Waals surface area contributed by atoms with Gasteiger partial charge in [-0.1, -0.05) is 18.2 Å². The first-order valence-corrected chi connectivity index (χ1v) is 9.60. The molecule has 2 heterocycles. The van der Waals surface area contributed by atoms with E-state index in [1.807, 2.05) is 6.92 Å². The number of ether oxygens (including phenoxy) is 2. The molecule has 2 aliphatic heterocycles. The summed E-state index contributed by atoms with van der Waals surface area (Å²) in [6, 6.07) is 12.6. The third-order valence-electron chi connectivity index (χ3n) is 5.05. The van der Waals surface area contributed by atoms with E-state index in [2.05, 4.69) is 0 Å². The van der Waals surface area contributed by atoms with Crippen LogP contribution in [0.2, 0.25) is 0 Å². The van der Waals surface area contributed by atoms with Crippen LogP contribution >= 0.6 is 0 Å². The highest BCUT2D eigenvalue weighted by Gasteiger charge is 2.36. The normalized spacial score (nSPS) is 18.4. The lowest BCUT2D eigenvalue weighted by Gasteiger charge is -2.30. The number of carbonyl (C=O) groups is 4. The lowest BCUT2D eigenvalue weighted by Crippen LogP contribution is -2.46. The number of hydrogen-bond acceptors (Lipinski definition) is 6. The summed E-state index contributed by atoms with van der Waals surface area (Å²) >= 11 is 0. The number of amides is 3. The lowest BCUT2D eigenvalue weighted by atomic mass is 10.1. The Balaban J connectivity index is 1.45. The zero-order valence-electron chi connectivity index (χ0n) is 16.4. The molecule has 1 unspecified atom stereocenters. The van der Waals surface area contributed by atoms with E-state index in [9.17, 15) is 19.2 Å². The predicted octanol–water partition coefficient (Wildman–Crippen LogP) is 1.89. The second kappa shape index (κ2) is 8.08. The maximum absolute atomic E-state index is 12.6. The van der Waals surface area contributed by atoms with E-state index >= 15 is 0 Å². The largest absolute Gasteiger partial charge is 0.452 e. The Morgan fingerprint density at radius 1 is 1.07 bits per heavy atom. The van der Waals surface area contributed by atoms with Crippen LogP contribution in [0.25, 0.3) is 0 Å². The third-order valence-corrected chi connectivity index (χ3v) is 5.05. The summed E-state index contributed by atoms with van der Waals surface area (Å²) in [5.41, 5.74) is 1.05. The molecule has 1 fully saturated rings. The Bertz CT molecular complexity index is 999. The molecule has 0 saturated carbocycles. The lowest BCUT2D eigenvalue weighted by molar-refractivity contribution is -0.141. The fraction of sp³-hybridized carbons (Fsp3) is 0.273. The zero-order valence-corrected chi connectivity index (χ0v) is 16.4. The van der Waals surface area contributed by atoms with Gasteiger partial charge < -0.3 is 14.4 Å². The smallest absolute Gasteiger partial charge is 0.338 e. The summed E-state index contributed by atoms with van der Waals surface area (Å²) in [7, 11) is 0. The van der Waals surface area contributed by atoms with Crippen LogP contribution in [0.1, 0.15) is 38.0 Å². The zero-order chi connectivity index (χ0) is 21.3. The highest BCUT2D eigenvalue weighted by Crippen LogP contribution is 2.28. The van der Waals surface area contributed by atoms with Gasteiger partial charge in [0.05, 0.1) is 35.1 Å². The monoisotopic (exact) mass is 408 g/mol. The number of anilines is 1. The number of esters is 1. The fourth-order valence-corrected chi connectivity index (χ4v) is 3.54. The van der Waals surface area contributed by atoms with Crippen molar-refractivity contribution in [2.75, 3.05) is 31.2 Å². The Kier molecular flexibility index (Phi) is 5.33. The topological polar surface area (TPSA) is 93.2 Å². The van der Waals surface area contributed by atoms with Gasteiger partial charge in [-0.2, -0.15) is 0 Å². The molecule has 2 aliphatic rings. The summed E-state index contributed by atoms with van der Waals surface area (Å²) in [5.74, 6) is -1.89. The molecule has 8 heteroatoms. The quantitative estimate of drug-likeness (QED) is 0.567. The molecule has 2 aromatic rings. The predicted molar refractivity (Wildman–Crippen MR) is 106 cm³/mol. The van der Waals surface area contributed by atoms with Crippen LogP contribution in [0.4, 0.5) is 5.69 Å². The van der Waals surface area contributed by atoms with Gasteiger partial charge in [-0.05, 0) is 37.3 Å². The molecule has 0 aromatic heterocycles. The average molecular weight is 408 g/mol. The molecule has 1 atom stereocenters. The van der Waals surface area contributed by atoms with Gasteiger partial charge in [-0.15, -0.1) is 0 Å². The van der Waals surface area contributed by atoms with Gasteiger partial charge in [-0.3, -0.25) is 14.4 Å². The molecular weight excluding hydrogens is 388 g/mol. The molecular formula is C22H20N2O6. The summed E-state index contributed by atoms with van der Waals surface area (Å²) in [4.78, 5) is 52.6. The minimum Gasteiger partial charge on any atom is -0.452 e. The van der Waals surface area contributed by atoms with Gasteiger partial charge >= 0.3 is 5.97 Å². The van der Waals surface area contributed by atoms with Crippen LogP contribution in [0.15, 0.2) is 48.5 Å². The number of nitrogens with zero attached hydrogens (tertiary/aromatic N) is 2. The van der Waals surface area contributed by atoms with E-state index < -0.39 is 17.8 Å². The van der Waals surface area contributed by atoms with Crippen LogP contribution in [0.3, 0.4) is 0 Å². The first-order valence-electron chi connectivity index (χ1n) is 9.60. The van der Waals surface area contributed by atoms with Crippen molar-refractivity contribution in [2.45, 2.75) is 13.0 Å². The maximum Gasteiger partial charge on any atom is 0.338 e. The van der Waals surface area contributed by atoms with E-state index in [1.54, 1.807) is 41.3 Å². The van der Waals surface area contributed by atoms with Crippen molar-refractivity contribution in [3.63, 3.8) is 0 Å². The molecule has 0 bridgehead atoms. The number of carbonyl (C=O) groups excluding carboxylic acids is 4. The van der Waals surface area contributed by atoms with Gasteiger partial charge in [0.2, 0.25) is 0 Å². The number of hydrogen-bond donors (Lipinski definition) is 0. The first-order chi connectivity index (χ1) is 14.5. The number of benzene rings is 2. The molecule has 4 rings (SSSR count). The molecule has 3 amide bonds. The molecule has 154 valence electrons. The standard InChI is InChI=1S/C22H20N2O6/c1-14-12-23(9-10-29-14)19(25)13-30-22(28)15-5-4-6-16(11-15)24-20(26)17-7-2-3-8-18(17)21(24)27/h2-8,11,14H,9-10,12-13H2,1H3. The SMILES string of the molecule is CC1CN(C(=O)COC(=O)c2cccc(N3C(=O)c4ccccc4C3=O)c2)CCO1. The minimum atomic E-state index is -0.705. The molecule has 0 N–H and O–H groups in total. The first kappa shape index (κ1) is 19.8. The summed E-state index contributed by atoms with van der Waals surface area (Å²) in [6.07, 6.45) is -0.0604. The second-order valence-electron chi connectivity index (χ2n) is 7.14. The van der Waals surface area contributed by atoms with E-state index in [-0.39, 0.29) is 29.9 Å². The summed E-state index contributed by atoms with van der Waals surface area (Å²) in [5, 5.41) is 0. The van der Waals surface area contributed by atoms with Crippen molar-refractivity contribution < 1.29 is 28.7 Å². The number of fused-ring (bicyclic) bond motifs is 1. The van der Waals surface area contributed by atoms with Gasteiger partial charge in [0, 0.05) is 13.1 Å². The highest BCUT2D eigenvalue weighted by atomic mass is 16.5. The van der Waals surface area contributed by atoms with E-state index in [4.69, 9.17) is 9.47 Å². The average Bonchev–Trinajstić information content (AvgIpc) is 3.02. The summed E-state index contributed by atoms with van der Waals surface area (Å²) in [6.45, 7) is 2.84. The van der Waals surface area contributed by atoms with Gasteiger partial charge in [0.1, 0.15) is 0 Å². The van der Waals surface area contributed by atoms with E-state index in [0.717, 1.165) is 4.90 Å². The Hall–Kier alpha value is -3.52. The Labute approximate surface area is 173 Å². The minimum absolute atomic E-state index is 0.0604. The number of imide groups is 1. The number of rotatable bonds is 4. The summed E-state index contributed by atoms with van der Waals surface area (Å²) < 4.78 is 10.5. The second-order valence-corrected chi connectivity index (χ2v) is 7.14. The molecule has 8 nitrogen and oxygen atoms in total. The Morgan fingerprint density at radius 2 is 1.77 bits per heavy atom. The van der Waals surface area contributed by atoms with Crippen molar-refractivity contribution >= 4 is 29.4 Å². The molecule has 0 aliphatic carbocycles. The van der Waals surface area contributed by atoms with E-state index in [1.165, 1.54) is 12.1 Å². The van der Waals surface area contributed by atoms with Crippen molar-refractivity contribution in [1.82, 2.24) is 4.90 Å². The van der Waals surface area contributed by atoms with Crippen molar-refractivity contribution in [1.29, 1.82) is 0 Å². The van der Waals surface area contributed by atoms with Gasteiger partial charge in [0.25, 0.3) is 17.7 Å². The third kappa shape index (κ3) is 3.69. The van der Waals surface area contributed by atoms with E-state index in [0.29, 0.717) is 30.8 Å². The molecule has 0 radical (unpaired) electrons. The molecule has 1 saturated heterocycles. The van der Waals surface area contributed by atoms with Crippen LogP contribution < -0.4 is 4.90 Å². The fourth-order valence-electron chi connectivity index (χ4n) is 3.54.